The highest BCUT2D eigenvalue weighted by Gasteiger charge is 2.20. The summed E-state index contributed by atoms with van der Waals surface area (Å²) < 4.78 is 0. The van der Waals surface area contributed by atoms with Crippen molar-refractivity contribution < 1.29 is 4.92 Å². The molecule has 1 aliphatic carbocycles. The lowest BCUT2D eigenvalue weighted by molar-refractivity contribution is -0.384. The number of hydrogen-bond acceptors (Lipinski definition) is 5. The maximum absolute atomic E-state index is 11.7. The van der Waals surface area contributed by atoms with E-state index in [-0.39, 0.29) is 11.2 Å². The molecular weight excluding hydrogens is 272 g/mol. The maximum Gasteiger partial charge on any atom is 0.270 e. The van der Waals surface area contributed by atoms with Crippen LogP contribution < -0.4 is 10.9 Å². The summed E-state index contributed by atoms with van der Waals surface area (Å²) in [4.78, 5) is 29.0. The molecule has 2 N–H and O–H groups in total. The van der Waals surface area contributed by atoms with Crippen LogP contribution in [0.3, 0.4) is 0 Å². The van der Waals surface area contributed by atoms with Crippen LogP contribution in [0.4, 0.5) is 5.69 Å². The zero-order valence-corrected chi connectivity index (χ0v) is 11.2. The topological polar surface area (TPSA) is 101 Å². The van der Waals surface area contributed by atoms with Crippen LogP contribution in [0.5, 0.6) is 0 Å². The average Bonchev–Trinajstić information content (AvgIpc) is 3.29. The van der Waals surface area contributed by atoms with Crippen LogP contribution in [0.1, 0.15) is 18.5 Å². The van der Waals surface area contributed by atoms with Gasteiger partial charge in [-0.15, -0.1) is 0 Å². The fraction of sp³-hybridized carbons (Fsp3) is 0.286. The van der Waals surface area contributed by atoms with Crippen molar-refractivity contribution >= 4 is 5.69 Å². The van der Waals surface area contributed by atoms with Gasteiger partial charge in [0.1, 0.15) is 5.82 Å². The molecule has 0 spiro atoms. The predicted octanol–water partition coefficient (Wildman–Crippen LogP) is 1.60. The van der Waals surface area contributed by atoms with Gasteiger partial charge in [0.05, 0.1) is 10.6 Å². The quantitative estimate of drug-likeness (QED) is 0.642. The highest BCUT2D eigenvalue weighted by molar-refractivity contribution is 5.58. The second-order valence-electron chi connectivity index (χ2n) is 5.05. The van der Waals surface area contributed by atoms with Gasteiger partial charge in [-0.25, -0.2) is 4.98 Å². The summed E-state index contributed by atoms with van der Waals surface area (Å²) in [5, 5.41) is 14.1. The van der Waals surface area contributed by atoms with Gasteiger partial charge in [0.15, 0.2) is 0 Å². The molecule has 7 heteroatoms. The lowest BCUT2D eigenvalue weighted by Gasteiger charge is -2.05. The van der Waals surface area contributed by atoms with Crippen molar-refractivity contribution in [2.75, 3.05) is 0 Å². The van der Waals surface area contributed by atoms with Gasteiger partial charge in [0, 0.05) is 36.3 Å². The summed E-state index contributed by atoms with van der Waals surface area (Å²) in [6, 6.07) is 8.02. The third-order valence-electron chi connectivity index (χ3n) is 3.27. The smallest absolute Gasteiger partial charge is 0.270 e. The van der Waals surface area contributed by atoms with Crippen molar-refractivity contribution in [3.63, 3.8) is 0 Å². The number of aromatic nitrogens is 2. The van der Waals surface area contributed by atoms with Gasteiger partial charge in [-0.3, -0.25) is 14.9 Å². The molecule has 1 aromatic carbocycles. The van der Waals surface area contributed by atoms with E-state index in [4.69, 9.17) is 0 Å². The standard InChI is InChI=1S/C14H14N4O3/c19-13-7-11(8-15-10-4-5-10)16-14(17-13)9-2-1-3-12(6-9)18(20)21/h1-3,6-7,10,15H,4-5,8H2,(H,16,17,19). The number of non-ortho nitro benzene ring substituents is 1. The van der Waals surface area contributed by atoms with Gasteiger partial charge < -0.3 is 10.3 Å². The van der Waals surface area contributed by atoms with Crippen LogP contribution >= 0.6 is 0 Å². The molecule has 0 unspecified atom stereocenters. The van der Waals surface area contributed by atoms with Gasteiger partial charge in [0.25, 0.3) is 11.2 Å². The first-order valence-electron chi connectivity index (χ1n) is 6.70. The number of aromatic amines is 1. The number of nitro groups is 1. The Morgan fingerprint density at radius 2 is 2.19 bits per heavy atom. The lowest BCUT2D eigenvalue weighted by Crippen LogP contribution is -2.19. The molecule has 108 valence electrons. The van der Waals surface area contributed by atoms with E-state index in [9.17, 15) is 14.9 Å². The number of nitro benzene ring substituents is 1. The zero-order chi connectivity index (χ0) is 14.8. The summed E-state index contributed by atoms with van der Waals surface area (Å²) in [6.07, 6.45) is 2.31. The molecule has 1 saturated carbocycles. The SMILES string of the molecule is O=c1cc(CNC2CC2)nc(-c2cccc([N+](=O)[O-])c2)[nH]1. The molecule has 2 aromatic rings. The molecule has 21 heavy (non-hydrogen) atoms. The number of nitrogens with one attached hydrogen (secondary N) is 2. The van der Waals surface area contributed by atoms with Crippen molar-refractivity contribution in [1.82, 2.24) is 15.3 Å². The summed E-state index contributed by atoms with van der Waals surface area (Å²) in [5.74, 6) is 0.346. The van der Waals surface area contributed by atoms with Gasteiger partial charge in [-0.05, 0) is 12.8 Å². The fourth-order valence-electron chi connectivity index (χ4n) is 2.04. The van der Waals surface area contributed by atoms with Gasteiger partial charge in [-0.2, -0.15) is 0 Å². The van der Waals surface area contributed by atoms with Crippen LogP contribution in [0, 0.1) is 10.1 Å². The van der Waals surface area contributed by atoms with Crippen molar-refractivity contribution in [3.05, 3.63) is 56.5 Å². The maximum atomic E-state index is 11.7. The second kappa shape index (κ2) is 5.45. The molecule has 0 amide bonds. The van der Waals surface area contributed by atoms with E-state index in [0.717, 1.165) is 12.8 Å². The number of rotatable bonds is 5. The molecule has 0 aliphatic heterocycles. The molecule has 3 rings (SSSR count). The van der Waals surface area contributed by atoms with Crippen molar-refractivity contribution in [2.45, 2.75) is 25.4 Å². The van der Waals surface area contributed by atoms with Crippen LogP contribution in [-0.2, 0) is 6.54 Å². The first-order valence-corrected chi connectivity index (χ1v) is 6.70. The summed E-state index contributed by atoms with van der Waals surface area (Å²) in [5.41, 5.74) is 0.859. The third kappa shape index (κ3) is 3.32. The minimum Gasteiger partial charge on any atom is -0.308 e. The van der Waals surface area contributed by atoms with Gasteiger partial charge in [-0.1, -0.05) is 12.1 Å². The second-order valence-corrected chi connectivity index (χ2v) is 5.05. The normalized spacial score (nSPS) is 14.1. The van der Waals surface area contributed by atoms with E-state index in [1.807, 2.05) is 0 Å². The molecule has 1 aromatic heterocycles. The van der Waals surface area contributed by atoms with Crippen molar-refractivity contribution in [2.24, 2.45) is 0 Å². The molecule has 0 saturated heterocycles. The number of benzene rings is 1. The molecule has 7 nitrogen and oxygen atoms in total. The van der Waals surface area contributed by atoms with Gasteiger partial charge >= 0.3 is 0 Å². The Morgan fingerprint density at radius 3 is 2.90 bits per heavy atom. The molecule has 0 radical (unpaired) electrons. The van der Waals surface area contributed by atoms with Crippen LogP contribution in [0.25, 0.3) is 11.4 Å². The lowest BCUT2D eigenvalue weighted by atomic mass is 10.2. The first-order chi connectivity index (χ1) is 10.1. The largest absolute Gasteiger partial charge is 0.308 e. The first kappa shape index (κ1) is 13.4. The Morgan fingerprint density at radius 1 is 1.38 bits per heavy atom. The minimum absolute atomic E-state index is 0.0309. The van der Waals surface area contributed by atoms with Crippen LogP contribution in [0.2, 0.25) is 0 Å². The van der Waals surface area contributed by atoms with Crippen LogP contribution in [-0.4, -0.2) is 20.9 Å². The van der Waals surface area contributed by atoms with Crippen molar-refractivity contribution in [3.8, 4) is 11.4 Å². The van der Waals surface area contributed by atoms with E-state index < -0.39 is 4.92 Å². The monoisotopic (exact) mass is 286 g/mol. The summed E-state index contributed by atoms with van der Waals surface area (Å²) in [6.45, 7) is 0.524. The van der Waals surface area contributed by atoms with E-state index >= 15 is 0 Å². The zero-order valence-electron chi connectivity index (χ0n) is 11.2. The summed E-state index contributed by atoms with van der Waals surface area (Å²) in [7, 11) is 0. The molecule has 1 fully saturated rings. The Bertz CT molecular complexity index is 737. The Kier molecular flexibility index (Phi) is 3.49. The number of hydrogen-bond donors (Lipinski definition) is 2. The Balaban J connectivity index is 1.91. The minimum atomic E-state index is -0.472. The number of nitrogens with zero attached hydrogens (tertiary/aromatic N) is 2. The predicted molar refractivity (Wildman–Crippen MR) is 76.8 cm³/mol. The molecular formula is C14H14N4O3. The molecule has 0 bridgehead atoms. The average molecular weight is 286 g/mol. The molecule has 0 atom stereocenters. The highest BCUT2D eigenvalue weighted by Crippen LogP contribution is 2.21. The Hall–Kier alpha value is -2.54. The molecule has 1 heterocycles. The summed E-state index contributed by atoms with van der Waals surface area (Å²) >= 11 is 0. The molecule has 1 aliphatic rings. The fourth-order valence-corrected chi connectivity index (χ4v) is 2.04. The van der Waals surface area contributed by atoms with Gasteiger partial charge in [0.2, 0.25) is 0 Å². The highest BCUT2D eigenvalue weighted by atomic mass is 16.6. The third-order valence-corrected chi connectivity index (χ3v) is 3.27. The van der Waals surface area contributed by atoms with E-state index in [1.165, 1.54) is 18.2 Å². The van der Waals surface area contributed by atoms with E-state index in [1.54, 1.807) is 12.1 Å². The number of H-pyrrole nitrogens is 1. The Labute approximate surface area is 120 Å². The van der Waals surface area contributed by atoms with E-state index in [0.29, 0.717) is 29.7 Å². The van der Waals surface area contributed by atoms with Crippen LogP contribution in [0.15, 0.2) is 35.1 Å². The van der Waals surface area contributed by atoms with E-state index in [2.05, 4.69) is 15.3 Å². The van der Waals surface area contributed by atoms with Crippen molar-refractivity contribution in [1.29, 1.82) is 0 Å².